The van der Waals surface area contributed by atoms with E-state index in [2.05, 4.69) is 4.98 Å². The van der Waals surface area contributed by atoms with Gasteiger partial charge in [-0.2, -0.15) is 5.26 Å². The molecule has 0 aliphatic heterocycles. The highest BCUT2D eigenvalue weighted by molar-refractivity contribution is 5.47. The number of para-hydroxylation sites is 1. The van der Waals surface area contributed by atoms with Crippen molar-refractivity contribution >= 4 is 5.82 Å². The zero-order valence-corrected chi connectivity index (χ0v) is 8.99. The average molecular weight is 228 g/mol. The topological polar surface area (TPSA) is 84.8 Å². The van der Waals surface area contributed by atoms with Gasteiger partial charge in [0, 0.05) is 6.92 Å². The average Bonchev–Trinajstić information content (AvgIpc) is 2.67. The molecule has 0 amide bonds. The minimum atomic E-state index is -0.648. The van der Waals surface area contributed by atoms with Gasteiger partial charge in [-0.25, -0.2) is 0 Å². The van der Waals surface area contributed by atoms with Crippen molar-refractivity contribution in [2.45, 2.75) is 6.92 Å². The second-order valence-corrected chi connectivity index (χ2v) is 3.37. The monoisotopic (exact) mass is 228 g/mol. The summed E-state index contributed by atoms with van der Waals surface area (Å²) in [5.74, 6) is 0.00769. The highest BCUT2D eigenvalue weighted by Gasteiger charge is 2.25. The van der Waals surface area contributed by atoms with Gasteiger partial charge in [0.05, 0.1) is 5.69 Å². The molecule has 6 nitrogen and oxygen atoms in total. The van der Waals surface area contributed by atoms with Gasteiger partial charge in [0.15, 0.2) is 0 Å². The van der Waals surface area contributed by atoms with Crippen LogP contribution >= 0.6 is 0 Å². The largest absolute Gasteiger partial charge is 0.400 e. The van der Waals surface area contributed by atoms with Gasteiger partial charge in [0.1, 0.15) is 6.07 Å². The van der Waals surface area contributed by atoms with Crippen LogP contribution in [0.3, 0.4) is 0 Å². The molecule has 1 heterocycles. The lowest BCUT2D eigenvalue weighted by Crippen LogP contribution is -2.00. The number of benzene rings is 1. The molecule has 0 saturated heterocycles. The molecule has 2 aromatic rings. The summed E-state index contributed by atoms with van der Waals surface area (Å²) >= 11 is 0. The fourth-order valence-electron chi connectivity index (χ4n) is 1.64. The van der Waals surface area contributed by atoms with E-state index in [1.54, 1.807) is 31.2 Å². The van der Waals surface area contributed by atoms with Crippen molar-refractivity contribution in [2.75, 3.05) is 0 Å². The summed E-state index contributed by atoms with van der Waals surface area (Å²) in [5.41, 5.74) is 0.626. The van der Waals surface area contributed by atoms with Gasteiger partial charge in [-0.05, 0) is 22.0 Å². The zero-order valence-electron chi connectivity index (χ0n) is 8.99. The second kappa shape index (κ2) is 4.06. The van der Waals surface area contributed by atoms with Crippen LogP contribution in [0.5, 0.6) is 0 Å². The number of nitro groups is 1. The molecular weight excluding hydrogens is 220 g/mol. The normalized spacial score (nSPS) is 9.88. The molecule has 0 bridgehead atoms. The van der Waals surface area contributed by atoms with Crippen LogP contribution in [-0.2, 0) is 0 Å². The van der Waals surface area contributed by atoms with E-state index in [-0.39, 0.29) is 5.69 Å². The number of imidazole rings is 1. The molecule has 0 spiro atoms. The van der Waals surface area contributed by atoms with Crippen LogP contribution in [0, 0.1) is 28.4 Å². The molecule has 1 aromatic carbocycles. The minimum absolute atomic E-state index is 0.0568. The predicted octanol–water partition coefficient (Wildman–Crippen LogP) is 1.96. The Labute approximate surface area is 96.9 Å². The molecule has 0 unspecified atom stereocenters. The maximum atomic E-state index is 10.8. The Kier molecular flexibility index (Phi) is 2.58. The van der Waals surface area contributed by atoms with Crippen molar-refractivity contribution in [3.63, 3.8) is 0 Å². The van der Waals surface area contributed by atoms with Crippen LogP contribution in [0.2, 0.25) is 0 Å². The van der Waals surface area contributed by atoms with Crippen molar-refractivity contribution in [1.29, 1.82) is 5.26 Å². The fraction of sp³-hybridized carbons (Fsp3) is 0.0909. The van der Waals surface area contributed by atoms with E-state index in [1.165, 1.54) is 4.57 Å². The number of nitriles is 1. The van der Waals surface area contributed by atoms with Crippen molar-refractivity contribution in [3.05, 3.63) is 52.0 Å². The molecule has 17 heavy (non-hydrogen) atoms. The van der Waals surface area contributed by atoms with Gasteiger partial charge in [-0.1, -0.05) is 18.2 Å². The van der Waals surface area contributed by atoms with Gasteiger partial charge in [-0.3, -0.25) is 4.57 Å². The summed E-state index contributed by atoms with van der Waals surface area (Å²) in [6, 6.07) is 10.8. The molecule has 1 aromatic heterocycles. The Morgan fingerprint density at radius 3 is 2.59 bits per heavy atom. The number of nitrogens with zero attached hydrogens (tertiary/aromatic N) is 4. The first-order valence-electron chi connectivity index (χ1n) is 4.84. The quantitative estimate of drug-likeness (QED) is 0.580. The summed E-state index contributed by atoms with van der Waals surface area (Å²) in [6.07, 6.45) is 0. The van der Waals surface area contributed by atoms with Crippen LogP contribution in [0.4, 0.5) is 5.82 Å². The van der Waals surface area contributed by atoms with E-state index in [9.17, 15) is 10.1 Å². The first-order valence-corrected chi connectivity index (χ1v) is 4.84. The van der Waals surface area contributed by atoms with Crippen LogP contribution in [-0.4, -0.2) is 14.5 Å². The predicted molar refractivity (Wildman–Crippen MR) is 59.7 cm³/mol. The Morgan fingerprint density at radius 1 is 1.41 bits per heavy atom. The third-order valence-corrected chi connectivity index (χ3v) is 2.32. The Hall–Kier alpha value is -2.68. The van der Waals surface area contributed by atoms with Gasteiger partial charge < -0.3 is 10.1 Å². The molecule has 84 valence electrons. The molecule has 0 saturated carbocycles. The van der Waals surface area contributed by atoms with Gasteiger partial charge in [0.2, 0.25) is 11.5 Å². The van der Waals surface area contributed by atoms with E-state index >= 15 is 0 Å². The summed E-state index contributed by atoms with van der Waals surface area (Å²) in [7, 11) is 0. The van der Waals surface area contributed by atoms with Crippen molar-refractivity contribution < 1.29 is 4.92 Å². The molecule has 0 aliphatic carbocycles. The summed E-state index contributed by atoms with van der Waals surface area (Å²) < 4.78 is 1.47. The Morgan fingerprint density at radius 2 is 2.06 bits per heavy atom. The molecule has 0 N–H and O–H groups in total. The maximum absolute atomic E-state index is 10.8. The highest BCUT2D eigenvalue weighted by atomic mass is 16.6. The van der Waals surface area contributed by atoms with E-state index in [4.69, 9.17) is 5.26 Å². The van der Waals surface area contributed by atoms with Crippen LogP contribution in [0.15, 0.2) is 30.3 Å². The SMILES string of the molecule is Cc1nc([N+](=O)[O-])c(C#N)n1-c1ccccc1. The minimum Gasteiger partial charge on any atom is -0.358 e. The molecule has 0 atom stereocenters. The third-order valence-electron chi connectivity index (χ3n) is 2.32. The van der Waals surface area contributed by atoms with Gasteiger partial charge >= 0.3 is 5.82 Å². The van der Waals surface area contributed by atoms with Gasteiger partial charge in [-0.15, -0.1) is 0 Å². The first-order chi connectivity index (χ1) is 8.15. The molecule has 6 heteroatoms. The smallest absolute Gasteiger partial charge is 0.358 e. The Balaban J connectivity index is 2.71. The van der Waals surface area contributed by atoms with Crippen LogP contribution in [0.25, 0.3) is 5.69 Å². The van der Waals surface area contributed by atoms with E-state index in [0.717, 1.165) is 0 Å². The lowest BCUT2D eigenvalue weighted by Gasteiger charge is -2.02. The molecule has 0 radical (unpaired) electrons. The lowest BCUT2D eigenvalue weighted by atomic mass is 10.3. The van der Waals surface area contributed by atoms with E-state index in [1.807, 2.05) is 12.1 Å². The zero-order chi connectivity index (χ0) is 12.4. The highest BCUT2D eigenvalue weighted by Crippen LogP contribution is 2.22. The van der Waals surface area contributed by atoms with Crippen molar-refractivity contribution in [2.24, 2.45) is 0 Å². The molecular formula is C11H8N4O2. The molecule has 2 rings (SSSR count). The first kappa shape index (κ1) is 10.8. The number of hydrogen-bond donors (Lipinski definition) is 0. The maximum Gasteiger partial charge on any atom is 0.400 e. The fourth-order valence-corrected chi connectivity index (χ4v) is 1.64. The molecule has 0 aliphatic rings. The number of hydrogen-bond acceptors (Lipinski definition) is 4. The van der Waals surface area contributed by atoms with Crippen molar-refractivity contribution in [3.8, 4) is 11.8 Å². The number of aryl methyl sites for hydroxylation is 1. The standard InChI is InChI=1S/C11H8N4O2/c1-8-13-11(15(16)17)10(7-12)14(8)9-5-3-2-4-6-9/h2-6H,1H3. The third kappa shape index (κ3) is 1.74. The van der Waals surface area contributed by atoms with Crippen LogP contribution < -0.4 is 0 Å². The van der Waals surface area contributed by atoms with Crippen LogP contribution in [0.1, 0.15) is 11.5 Å². The summed E-state index contributed by atoms with van der Waals surface area (Å²) in [5, 5.41) is 19.8. The Bertz CT molecular complexity index is 610. The molecule has 0 fully saturated rings. The summed E-state index contributed by atoms with van der Waals surface area (Å²) in [6.45, 7) is 1.63. The summed E-state index contributed by atoms with van der Waals surface area (Å²) in [4.78, 5) is 13.9. The second-order valence-electron chi connectivity index (χ2n) is 3.37. The van der Waals surface area contributed by atoms with E-state index in [0.29, 0.717) is 11.5 Å². The van der Waals surface area contributed by atoms with E-state index < -0.39 is 10.7 Å². The number of aromatic nitrogens is 2. The van der Waals surface area contributed by atoms with Crippen molar-refractivity contribution in [1.82, 2.24) is 9.55 Å². The number of rotatable bonds is 2. The lowest BCUT2D eigenvalue weighted by molar-refractivity contribution is -0.389. The van der Waals surface area contributed by atoms with Gasteiger partial charge in [0.25, 0.3) is 0 Å².